The highest BCUT2D eigenvalue weighted by molar-refractivity contribution is 5.75. The first-order valence-corrected chi connectivity index (χ1v) is 7.84. The number of nitrogens with one attached hydrogen (secondary N) is 2. The van der Waals surface area contributed by atoms with Gasteiger partial charge in [0.25, 0.3) is 5.56 Å². The number of hydrogen-bond acceptors (Lipinski definition) is 4. The fourth-order valence-corrected chi connectivity index (χ4v) is 2.56. The number of aromatic nitrogens is 4. The van der Waals surface area contributed by atoms with E-state index < -0.39 is 11.2 Å². The van der Waals surface area contributed by atoms with Gasteiger partial charge in [0.2, 0.25) is 5.91 Å². The Morgan fingerprint density at radius 2 is 2.00 bits per heavy atom. The van der Waals surface area contributed by atoms with Crippen LogP contribution in [0.25, 0.3) is 0 Å². The third-order valence-electron chi connectivity index (χ3n) is 4.12. The van der Waals surface area contributed by atoms with Gasteiger partial charge >= 0.3 is 5.69 Å². The van der Waals surface area contributed by atoms with E-state index in [1.165, 1.54) is 16.3 Å². The predicted octanol–water partition coefficient (Wildman–Crippen LogP) is 0.276. The van der Waals surface area contributed by atoms with Crippen LogP contribution in [0.4, 0.5) is 0 Å². The van der Waals surface area contributed by atoms with E-state index >= 15 is 0 Å². The monoisotopic (exact) mass is 333 g/mol. The van der Waals surface area contributed by atoms with Crippen LogP contribution in [0.2, 0.25) is 0 Å². The molecule has 8 nitrogen and oxygen atoms in total. The minimum atomic E-state index is -0.572. The van der Waals surface area contributed by atoms with Gasteiger partial charge in [-0.05, 0) is 39.2 Å². The van der Waals surface area contributed by atoms with Gasteiger partial charge in [0.1, 0.15) is 6.54 Å². The third kappa shape index (κ3) is 4.01. The maximum atomic E-state index is 12.2. The summed E-state index contributed by atoms with van der Waals surface area (Å²) in [4.78, 5) is 39.1. The smallest absolute Gasteiger partial charge is 0.328 e. The first kappa shape index (κ1) is 17.7. The Morgan fingerprint density at radius 1 is 1.29 bits per heavy atom. The van der Waals surface area contributed by atoms with E-state index in [-0.39, 0.29) is 12.5 Å². The van der Waals surface area contributed by atoms with Crippen LogP contribution in [0.15, 0.2) is 15.8 Å². The summed E-state index contributed by atoms with van der Waals surface area (Å²) >= 11 is 0. The molecule has 0 spiro atoms. The number of amides is 1. The van der Waals surface area contributed by atoms with Crippen molar-refractivity contribution in [3.05, 3.63) is 49.5 Å². The Bertz CT molecular complexity index is 827. The molecular formula is C16H23N5O3. The summed E-state index contributed by atoms with van der Waals surface area (Å²) in [5.74, 6) is -0.177. The molecule has 0 bridgehead atoms. The lowest BCUT2D eigenvalue weighted by molar-refractivity contribution is -0.130. The van der Waals surface area contributed by atoms with Gasteiger partial charge in [0.15, 0.2) is 0 Å². The zero-order valence-electron chi connectivity index (χ0n) is 14.5. The SMILES string of the molecule is Cc1n[nH]c(C)c1CCCN(C)C(=O)Cn1cc(C)c(=O)[nH]c1=O. The first-order valence-electron chi connectivity index (χ1n) is 7.84. The van der Waals surface area contributed by atoms with Crippen LogP contribution in [-0.2, 0) is 17.8 Å². The maximum Gasteiger partial charge on any atom is 0.328 e. The second-order valence-corrected chi connectivity index (χ2v) is 6.03. The van der Waals surface area contributed by atoms with Crippen LogP contribution in [0.5, 0.6) is 0 Å². The predicted molar refractivity (Wildman–Crippen MR) is 90.1 cm³/mol. The largest absolute Gasteiger partial charge is 0.344 e. The molecule has 0 fully saturated rings. The fourth-order valence-electron chi connectivity index (χ4n) is 2.56. The van der Waals surface area contributed by atoms with Crippen molar-refractivity contribution in [2.45, 2.75) is 40.2 Å². The van der Waals surface area contributed by atoms with Crippen LogP contribution in [0, 0.1) is 20.8 Å². The minimum absolute atomic E-state index is 0.0866. The average Bonchev–Trinajstić information content (AvgIpc) is 2.84. The summed E-state index contributed by atoms with van der Waals surface area (Å²) < 4.78 is 1.22. The molecule has 8 heteroatoms. The van der Waals surface area contributed by atoms with E-state index in [0.717, 1.165) is 24.2 Å². The Morgan fingerprint density at radius 3 is 2.62 bits per heavy atom. The van der Waals surface area contributed by atoms with Gasteiger partial charge in [0.05, 0.1) is 5.69 Å². The molecule has 2 N–H and O–H groups in total. The summed E-state index contributed by atoms with van der Waals surface area (Å²) in [7, 11) is 1.71. The van der Waals surface area contributed by atoms with Gasteiger partial charge in [-0.3, -0.25) is 24.2 Å². The van der Waals surface area contributed by atoms with E-state index in [4.69, 9.17) is 0 Å². The first-order chi connectivity index (χ1) is 11.3. The quantitative estimate of drug-likeness (QED) is 0.792. The molecule has 0 aliphatic rings. The molecule has 1 amide bonds. The number of likely N-dealkylation sites (N-methyl/N-ethyl adjacent to an activating group) is 1. The van der Waals surface area contributed by atoms with Crippen molar-refractivity contribution < 1.29 is 4.79 Å². The van der Waals surface area contributed by atoms with Gasteiger partial charge in [0, 0.05) is 31.0 Å². The minimum Gasteiger partial charge on any atom is -0.344 e. The Kier molecular flexibility index (Phi) is 5.38. The summed E-state index contributed by atoms with van der Waals surface area (Å²) in [6, 6.07) is 0. The van der Waals surface area contributed by atoms with Crippen molar-refractivity contribution in [1.82, 2.24) is 24.6 Å². The number of H-pyrrole nitrogens is 2. The van der Waals surface area contributed by atoms with Gasteiger partial charge in [-0.1, -0.05) is 0 Å². The zero-order chi connectivity index (χ0) is 17.9. The van der Waals surface area contributed by atoms with Gasteiger partial charge in [-0.2, -0.15) is 5.10 Å². The van der Waals surface area contributed by atoms with Gasteiger partial charge in [-0.25, -0.2) is 4.79 Å². The van der Waals surface area contributed by atoms with Crippen molar-refractivity contribution in [3.63, 3.8) is 0 Å². The zero-order valence-corrected chi connectivity index (χ0v) is 14.5. The molecule has 0 unspecified atom stereocenters. The number of carbonyl (C=O) groups excluding carboxylic acids is 1. The van der Waals surface area contributed by atoms with Crippen molar-refractivity contribution >= 4 is 5.91 Å². The highest BCUT2D eigenvalue weighted by atomic mass is 16.2. The lowest BCUT2D eigenvalue weighted by atomic mass is 10.1. The summed E-state index contributed by atoms with van der Waals surface area (Å²) in [6.45, 7) is 6.03. The molecule has 2 heterocycles. The summed E-state index contributed by atoms with van der Waals surface area (Å²) in [6.07, 6.45) is 3.05. The number of carbonyl (C=O) groups is 1. The molecule has 0 aliphatic heterocycles. The molecule has 24 heavy (non-hydrogen) atoms. The third-order valence-corrected chi connectivity index (χ3v) is 4.12. The topological polar surface area (TPSA) is 104 Å². The lowest BCUT2D eigenvalue weighted by Gasteiger charge is -2.17. The van der Waals surface area contributed by atoms with E-state index in [9.17, 15) is 14.4 Å². The van der Waals surface area contributed by atoms with Crippen LogP contribution >= 0.6 is 0 Å². The second-order valence-electron chi connectivity index (χ2n) is 6.03. The van der Waals surface area contributed by atoms with Gasteiger partial charge in [-0.15, -0.1) is 0 Å². The Hall–Kier alpha value is -2.64. The van der Waals surface area contributed by atoms with E-state index in [1.807, 2.05) is 13.8 Å². The van der Waals surface area contributed by atoms with E-state index in [0.29, 0.717) is 12.1 Å². The van der Waals surface area contributed by atoms with Crippen LogP contribution < -0.4 is 11.2 Å². The number of rotatable bonds is 6. The van der Waals surface area contributed by atoms with Crippen LogP contribution in [0.1, 0.15) is 28.9 Å². The van der Waals surface area contributed by atoms with Crippen molar-refractivity contribution in [2.75, 3.05) is 13.6 Å². The summed E-state index contributed by atoms with van der Waals surface area (Å²) in [5, 5.41) is 7.11. The van der Waals surface area contributed by atoms with Gasteiger partial charge < -0.3 is 4.90 Å². The average molecular weight is 333 g/mol. The Balaban J connectivity index is 1.92. The standard InChI is InChI=1S/C16H23N5O3/c1-10-8-21(16(24)17-15(10)23)9-14(22)20(4)7-5-6-13-11(2)18-19-12(13)3/h8H,5-7,9H2,1-4H3,(H,18,19)(H,17,23,24). The number of aryl methyl sites for hydroxylation is 3. The molecule has 2 aromatic rings. The Labute approximate surface area is 139 Å². The summed E-state index contributed by atoms with van der Waals surface area (Å²) in [5.41, 5.74) is 2.62. The van der Waals surface area contributed by atoms with Crippen molar-refractivity contribution in [3.8, 4) is 0 Å². The second kappa shape index (κ2) is 7.29. The molecule has 0 atom stereocenters. The normalized spacial score (nSPS) is 10.8. The molecule has 2 rings (SSSR count). The van der Waals surface area contributed by atoms with Crippen molar-refractivity contribution in [2.24, 2.45) is 0 Å². The molecule has 0 aromatic carbocycles. The van der Waals surface area contributed by atoms with E-state index in [2.05, 4.69) is 15.2 Å². The number of nitrogens with zero attached hydrogens (tertiary/aromatic N) is 3. The number of hydrogen-bond donors (Lipinski definition) is 2. The number of aromatic amines is 2. The molecule has 0 saturated heterocycles. The molecule has 2 aromatic heterocycles. The molecule has 0 saturated carbocycles. The van der Waals surface area contributed by atoms with E-state index in [1.54, 1.807) is 18.9 Å². The molecular weight excluding hydrogens is 310 g/mol. The highest BCUT2D eigenvalue weighted by Crippen LogP contribution is 2.11. The molecule has 0 radical (unpaired) electrons. The lowest BCUT2D eigenvalue weighted by Crippen LogP contribution is -2.37. The fraction of sp³-hybridized carbons (Fsp3) is 0.500. The van der Waals surface area contributed by atoms with Crippen LogP contribution in [0.3, 0.4) is 0 Å². The molecule has 0 aliphatic carbocycles. The highest BCUT2D eigenvalue weighted by Gasteiger charge is 2.12. The van der Waals surface area contributed by atoms with Crippen molar-refractivity contribution in [1.29, 1.82) is 0 Å². The molecule has 130 valence electrons. The maximum absolute atomic E-state index is 12.2. The van der Waals surface area contributed by atoms with Crippen LogP contribution in [-0.4, -0.2) is 44.1 Å².